The highest BCUT2D eigenvalue weighted by Gasteiger charge is 2.28. The molecule has 0 fully saturated rings. The number of furan rings is 2. The second kappa shape index (κ2) is 17.3. The summed E-state index contributed by atoms with van der Waals surface area (Å²) in [6.45, 7) is 18.2. The van der Waals surface area contributed by atoms with Crippen molar-refractivity contribution in [3.63, 3.8) is 0 Å². The van der Waals surface area contributed by atoms with Crippen molar-refractivity contribution in [3.8, 4) is 33.6 Å². The Morgan fingerprint density at radius 2 is 0.628 bits per heavy atom. The molecule has 4 aromatic heterocycles. The normalized spacial score (nSPS) is 12.6. The van der Waals surface area contributed by atoms with Crippen LogP contribution in [0.1, 0.15) is 101 Å². The molecule has 15 aromatic rings. The van der Waals surface area contributed by atoms with Gasteiger partial charge in [-0.1, -0.05) is 152 Å². The Bertz CT molecular complexity index is 4510. The molecule has 4 heterocycles. The molecule has 11 aromatic carbocycles. The molecule has 0 amide bonds. The Morgan fingerprint density at radius 1 is 0.295 bits per heavy atom. The number of nitrogens with zero attached hydrogens (tertiary/aromatic N) is 2. The van der Waals surface area contributed by atoms with E-state index in [1.165, 1.54) is 65.9 Å². The number of aromatic nitrogens is 2. The van der Waals surface area contributed by atoms with E-state index in [0.717, 1.165) is 99.1 Å². The summed E-state index contributed by atoms with van der Waals surface area (Å²) >= 11 is 0. The summed E-state index contributed by atoms with van der Waals surface area (Å²) in [5.41, 5.74) is 20.1. The second-order valence-electron chi connectivity index (χ2n) is 23.3. The van der Waals surface area contributed by atoms with E-state index in [1.54, 1.807) is 0 Å². The second-order valence-corrected chi connectivity index (χ2v) is 23.3. The molecule has 0 N–H and O–H groups in total. The third-order valence-corrected chi connectivity index (χ3v) is 17.1. The van der Waals surface area contributed by atoms with E-state index in [0.29, 0.717) is 23.7 Å². The van der Waals surface area contributed by atoms with Crippen LogP contribution in [-0.4, -0.2) is 9.13 Å². The third-order valence-electron chi connectivity index (χ3n) is 17.1. The SMILES string of the molecule is CC(C)c1ccc2c(c1)c1cc(C(C)C)ccc1n2-c1ccc2cc3c(cc2c1)oc1c(-c2ccccc2)c(-c2ccccc2)c2oc4cc5cc(-n6c7ccc(C(C)C)cc7c7cc(C(C)C)ccc76)ccc5cc4c2c13. The van der Waals surface area contributed by atoms with Crippen LogP contribution in [0.5, 0.6) is 0 Å². The monoisotopic (exact) mass is 1010 g/mol. The first-order valence-corrected chi connectivity index (χ1v) is 28.0. The van der Waals surface area contributed by atoms with Crippen LogP contribution in [-0.2, 0) is 0 Å². The van der Waals surface area contributed by atoms with Crippen molar-refractivity contribution in [2.75, 3.05) is 0 Å². The minimum Gasteiger partial charge on any atom is -0.455 e. The Kier molecular flexibility index (Phi) is 10.3. The first-order chi connectivity index (χ1) is 37.9. The minimum atomic E-state index is 0.434. The van der Waals surface area contributed by atoms with Gasteiger partial charge in [0.2, 0.25) is 0 Å². The van der Waals surface area contributed by atoms with Gasteiger partial charge >= 0.3 is 0 Å². The van der Waals surface area contributed by atoms with E-state index in [4.69, 9.17) is 8.83 Å². The van der Waals surface area contributed by atoms with Crippen molar-refractivity contribution in [2.45, 2.75) is 79.1 Å². The number of hydrogen-bond acceptors (Lipinski definition) is 2. The van der Waals surface area contributed by atoms with Crippen LogP contribution < -0.4 is 0 Å². The fourth-order valence-electron chi connectivity index (χ4n) is 12.9. The zero-order chi connectivity index (χ0) is 52.8. The van der Waals surface area contributed by atoms with Gasteiger partial charge in [-0.25, -0.2) is 0 Å². The molecule has 0 saturated heterocycles. The molecule has 15 rings (SSSR count). The van der Waals surface area contributed by atoms with Crippen molar-refractivity contribution in [3.05, 3.63) is 216 Å². The third kappa shape index (κ3) is 6.98. The fourth-order valence-corrected chi connectivity index (χ4v) is 12.9. The molecule has 0 spiro atoms. The van der Waals surface area contributed by atoms with Gasteiger partial charge in [-0.3, -0.25) is 0 Å². The highest BCUT2D eigenvalue weighted by molar-refractivity contribution is 6.33. The summed E-state index contributed by atoms with van der Waals surface area (Å²) in [7, 11) is 0. The van der Waals surface area contributed by atoms with Gasteiger partial charge < -0.3 is 18.0 Å². The van der Waals surface area contributed by atoms with Crippen LogP contribution in [0.25, 0.3) is 143 Å². The smallest absolute Gasteiger partial charge is 0.144 e. The van der Waals surface area contributed by atoms with Gasteiger partial charge in [0.15, 0.2) is 0 Å². The Balaban J connectivity index is 0.977. The van der Waals surface area contributed by atoms with Crippen LogP contribution in [0, 0.1) is 0 Å². The maximum Gasteiger partial charge on any atom is 0.144 e. The van der Waals surface area contributed by atoms with Crippen LogP contribution in [0.15, 0.2) is 203 Å². The molecule has 0 unspecified atom stereocenters. The molecule has 0 aliphatic carbocycles. The standard InChI is InChI=1S/C74H60N2O2/c1-41(2)47-21-27-63-57(33-47)58-34-48(42(3)4)22-28-64(58)75(63)55-25-19-51-37-61-67(39-53(51)31-55)77-73-69(45-15-11-9-12-16-45)70(46-17-13-10-14-18-46)74-72(71(61)73)62-38-52-20-26-56(32-54(52)40-68(62)78-74)76-65-29-23-49(43(5)6)35-59(65)60-36-50(44(7)8)24-30-66(60)76/h9-44H,1-8H3. The molecule has 0 aliphatic rings. The topological polar surface area (TPSA) is 36.1 Å². The molecule has 4 heteroatoms. The van der Waals surface area contributed by atoms with Crippen LogP contribution >= 0.6 is 0 Å². The molecule has 378 valence electrons. The predicted molar refractivity (Wildman–Crippen MR) is 332 cm³/mol. The van der Waals surface area contributed by atoms with Crippen molar-refractivity contribution in [1.82, 2.24) is 9.13 Å². The van der Waals surface area contributed by atoms with Crippen molar-refractivity contribution < 1.29 is 8.83 Å². The van der Waals surface area contributed by atoms with Crippen LogP contribution in [0.2, 0.25) is 0 Å². The molecule has 78 heavy (non-hydrogen) atoms. The lowest BCUT2D eigenvalue weighted by Crippen LogP contribution is -1.95. The molecule has 4 nitrogen and oxygen atoms in total. The van der Waals surface area contributed by atoms with E-state index in [1.807, 2.05) is 0 Å². The van der Waals surface area contributed by atoms with Gasteiger partial charge in [0.1, 0.15) is 22.3 Å². The summed E-state index contributed by atoms with van der Waals surface area (Å²) in [6.07, 6.45) is 0. The largest absolute Gasteiger partial charge is 0.455 e. The summed E-state index contributed by atoms with van der Waals surface area (Å²) < 4.78 is 19.7. The Morgan fingerprint density at radius 3 is 0.949 bits per heavy atom. The fraction of sp³-hybridized carbons (Fsp3) is 0.162. The van der Waals surface area contributed by atoms with Gasteiger partial charge in [0, 0.05) is 65.6 Å². The number of fused-ring (bicyclic) bond motifs is 15. The molecule has 0 saturated carbocycles. The summed E-state index contributed by atoms with van der Waals surface area (Å²) in [5, 5.41) is 14.0. The molecule has 0 bridgehead atoms. The van der Waals surface area contributed by atoms with Gasteiger partial charge in [-0.2, -0.15) is 0 Å². The van der Waals surface area contributed by atoms with E-state index in [2.05, 4.69) is 259 Å². The van der Waals surface area contributed by atoms with Gasteiger partial charge in [0.25, 0.3) is 0 Å². The van der Waals surface area contributed by atoms with Crippen LogP contribution in [0.3, 0.4) is 0 Å². The summed E-state index contributed by atoms with van der Waals surface area (Å²) in [4.78, 5) is 0. The van der Waals surface area contributed by atoms with Gasteiger partial charge in [0.05, 0.1) is 22.1 Å². The number of hydrogen-bond donors (Lipinski definition) is 0. The Labute approximate surface area is 453 Å². The van der Waals surface area contributed by atoms with Crippen LogP contribution in [0.4, 0.5) is 0 Å². The first kappa shape index (κ1) is 46.4. The molecular formula is C74H60N2O2. The molecule has 0 atom stereocenters. The quantitative estimate of drug-likeness (QED) is 0.152. The van der Waals surface area contributed by atoms with E-state index in [9.17, 15) is 0 Å². The van der Waals surface area contributed by atoms with Gasteiger partial charge in [-0.15, -0.1) is 0 Å². The molecule has 0 aliphatic heterocycles. The van der Waals surface area contributed by atoms with E-state index in [-0.39, 0.29) is 0 Å². The van der Waals surface area contributed by atoms with Crippen molar-refractivity contribution >= 4 is 109 Å². The lowest BCUT2D eigenvalue weighted by molar-refractivity contribution is 0.665. The molecular weight excluding hydrogens is 949 g/mol. The van der Waals surface area contributed by atoms with E-state index >= 15 is 0 Å². The van der Waals surface area contributed by atoms with Crippen molar-refractivity contribution in [1.29, 1.82) is 0 Å². The zero-order valence-electron chi connectivity index (χ0n) is 45.5. The lowest BCUT2D eigenvalue weighted by Gasteiger charge is -2.13. The summed E-state index contributed by atoms with van der Waals surface area (Å²) in [6, 6.07) is 72.6. The van der Waals surface area contributed by atoms with E-state index < -0.39 is 0 Å². The highest BCUT2D eigenvalue weighted by Crippen LogP contribution is 2.52. The number of rotatable bonds is 8. The maximum absolute atomic E-state index is 7.38. The maximum atomic E-state index is 7.38. The number of benzene rings is 11. The Hall–Kier alpha value is -8.86. The zero-order valence-corrected chi connectivity index (χ0v) is 45.5. The first-order valence-electron chi connectivity index (χ1n) is 28.0. The average Bonchev–Trinajstić information content (AvgIpc) is 4.32. The highest BCUT2D eigenvalue weighted by atomic mass is 16.3. The van der Waals surface area contributed by atoms with Crippen molar-refractivity contribution in [2.24, 2.45) is 0 Å². The summed E-state index contributed by atoms with van der Waals surface area (Å²) in [5.74, 6) is 1.73. The predicted octanol–water partition coefficient (Wildman–Crippen LogP) is 21.8. The minimum absolute atomic E-state index is 0.434. The average molecular weight is 1010 g/mol. The molecule has 0 radical (unpaired) electrons. The lowest BCUT2D eigenvalue weighted by atomic mass is 9.89. The van der Waals surface area contributed by atoms with Gasteiger partial charge in [-0.05, 0) is 176 Å².